The Labute approximate surface area is 132 Å². The highest BCUT2D eigenvalue weighted by atomic mass is 16.3. The first kappa shape index (κ1) is 16.7. The van der Waals surface area contributed by atoms with Crippen molar-refractivity contribution >= 4 is 11.7 Å². The molecule has 22 heavy (non-hydrogen) atoms. The van der Waals surface area contributed by atoms with Crippen LogP contribution in [0.25, 0.3) is 0 Å². The molecule has 2 rings (SSSR count). The van der Waals surface area contributed by atoms with E-state index >= 15 is 0 Å². The quantitative estimate of drug-likeness (QED) is 0.902. The highest BCUT2D eigenvalue weighted by Crippen LogP contribution is 2.23. The van der Waals surface area contributed by atoms with Gasteiger partial charge < -0.3 is 14.9 Å². The van der Waals surface area contributed by atoms with Crippen LogP contribution in [0.15, 0.2) is 18.3 Å². The Balaban J connectivity index is 1.83. The van der Waals surface area contributed by atoms with Gasteiger partial charge in [0, 0.05) is 38.8 Å². The Bertz CT molecular complexity index is 479. The summed E-state index contributed by atoms with van der Waals surface area (Å²) >= 11 is 0. The van der Waals surface area contributed by atoms with Gasteiger partial charge in [-0.25, -0.2) is 4.98 Å². The molecule has 0 aromatic carbocycles. The molecule has 5 heteroatoms. The first-order valence-corrected chi connectivity index (χ1v) is 8.08. The van der Waals surface area contributed by atoms with Crippen molar-refractivity contribution in [1.29, 1.82) is 0 Å². The Morgan fingerprint density at radius 3 is 2.68 bits per heavy atom. The van der Waals surface area contributed by atoms with E-state index < -0.39 is 0 Å². The topological polar surface area (TPSA) is 56.7 Å². The molecule has 1 N–H and O–H groups in total. The molecule has 1 saturated heterocycles. The van der Waals surface area contributed by atoms with Crippen LogP contribution in [0.3, 0.4) is 0 Å². The first-order chi connectivity index (χ1) is 10.5. The molecule has 0 spiro atoms. The average Bonchev–Trinajstić information content (AvgIpc) is 2.53. The molecule has 1 fully saturated rings. The van der Waals surface area contributed by atoms with Gasteiger partial charge in [0.15, 0.2) is 0 Å². The number of aryl methyl sites for hydroxylation is 1. The van der Waals surface area contributed by atoms with Gasteiger partial charge in [0.25, 0.3) is 0 Å². The molecule has 1 aliphatic heterocycles. The van der Waals surface area contributed by atoms with E-state index in [2.05, 4.69) is 16.0 Å². The number of carbonyl (C=O) groups excluding carboxylic acids is 1. The highest BCUT2D eigenvalue weighted by Gasteiger charge is 2.27. The summed E-state index contributed by atoms with van der Waals surface area (Å²) in [4.78, 5) is 20.9. The van der Waals surface area contributed by atoms with Crippen LogP contribution >= 0.6 is 0 Å². The minimum atomic E-state index is -0.357. The van der Waals surface area contributed by atoms with E-state index in [1.165, 1.54) is 0 Å². The van der Waals surface area contributed by atoms with Gasteiger partial charge >= 0.3 is 0 Å². The van der Waals surface area contributed by atoms with Crippen molar-refractivity contribution < 1.29 is 9.90 Å². The van der Waals surface area contributed by atoms with Gasteiger partial charge in [-0.15, -0.1) is 0 Å². The number of aliphatic hydroxyl groups is 1. The summed E-state index contributed by atoms with van der Waals surface area (Å²) in [5, 5.41) is 9.32. The van der Waals surface area contributed by atoms with Gasteiger partial charge in [0.2, 0.25) is 5.91 Å². The SMILES string of the molecule is Cc1ccc(N2CCC(C(=O)N(C)CCC(C)O)CC2)nc1. The third-order valence-electron chi connectivity index (χ3n) is 4.32. The Kier molecular flexibility index (Phi) is 5.77. The van der Waals surface area contributed by atoms with Crippen molar-refractivity contribution in [3.63, 3.8) is 0 Å². The Hall–Kier alpha value is -1.62. The second-order valence-electron chi connectivity index (χ2n) is 6.35. The van der Waals surface area contributed by atoms with E-state index in [-0.39, 0.29) is 17.9 Å². The molecule has 1 amide bonds. The molecule has 0 bridgehead atoms. The average molecular weight is 305 g/mol. The maximum Gasteiger partial charge on any atom is 0.225 e. The van der Waals surface area contributed by atoms with Gasteiger partial charge in [0.05, 0.1) is 6.10 Å². The minimum absolute atomic E-state index is 0.0979. The maximum absolute atomic E-state index is 12.4. The molecule has 1 atom stereocenters. The Morgan fingerprint density at radius 1 is 1.45 bits per heavy atom. The number of carbonyl (C=O) groups is 1. The normalized spacial score (nSPS) is 17.4. The number of anilines is 1. The number of pyridine rings is 1. The lowest BCUT2D eigenvalue weighted by molar-refractivity contribution is -0.135. The van der Waals surface area contributed by atoms with Crippen molar-refractivity contribution in [2.24, 2.45) is 5.92 Å². The molecule has 0 radical (unpaired) electrons. The first-order valence-electron chi connectivity index (χ1n) is 8.08. The number of rotatable bonds is 5. The standard InChI is InChI=1S/C17H27N3O2/c1-13-4-5-16(18-12-13)20-10-7-15(8-11-20)17(22)19(3)9-6-14(2)21/h4-5,12,14-15,21H,6-11H2,1-3H3. The van der Waals surface area contributed by atoms with Gasteiger partial charge in [-0.2, -0.15) is 0 Å². The summed E-state index contributed by atoms with van der Waals surface area (Å²) in [6, 6.07) is 4.12. The number of nitrogens with zero attached hydrogens (tertiary/aromatic N) is 3. The fraction of sp³-hybridized carbons (Fsp3) is 0.647. The van der Waals surface area contributed by atoms with Crippen LogP contribution in [0.5, 0.6) is 0 Å². The third kappa shape index (κ3) is 4.44. The molecular weight excluding hydrogens is 278 g/mol. The summed E-state index contributed by atoms with van der Waals surface area (Å²) < 4.78 is 0. The molecule has 1 aromatic rings. The molecule has 0 aliphatic carbocycles. The van der Waals surface area contributed by atoms with Crippen LogP contribution in [0.1, 0.15) is 31.7 Å². The van der Waals surface area contributed by atoms with Crippen LogP contribution < -0.4 is 4.90 Å². The molecule has 1 aromatic heterocycles. The van der Waals surface area contributed by atoms with E-state index in [1.54, 1.807) is 11.8 Å². The van der Waals surface area contributed by atoms with Crippen molar-refractivity contribution in [3.05, 3.63) is 23.9 Å². The lowest BCUT2D eigenvalue weighted by Crippen LogP contribution is -2.42. The zero-order valence-corrected chi connectivity index (χ0v) is 13.8. The number of aliphatic hydroxyl groups excluding tert-OH is 1. The van der Waals surface area contributed by atoms with E-state index in [0.29, 0.717) is 13.0 Å². The minimum Gasteiger partial charge on any atom is -0.393 e. The number of aromatic nitrogens is 1. The van der Waals surface area contributed by atoms with Crippen molar-refractivity contribution in [2.45, 2.75) is 39.2 Å². The zero-order valence-electron chi connectivity index (χ0n) is 13.8. The lowest BCUT2D eigenvalue weighted by Gasteiger charge is -2.34. The summed E-state index contributed by atoms with van der Waals surface area (Å²) in [6.07, 6.45) is 3.90. The van der Waals surface area contributed by atoms with Crippen molar-refractivity contribution in [1.82, 2.24) is 9.88 Å². The number of hydrogen-bond acceptors (Lipinski definition) is 4. The van der Waals surface area contributed by atoms with Crippen molar-refractivity contribution in [2.75, 3.05) is 31.6 Å². The second kappa shape index (κ2) is 7.58. The molecule has 0 saturated carbocycles. The van der Waals surface area contributed by atoms with Crippen LogP contribution in [0, 0.1) is 12.8 Å². The van der Waals surface area contributed by atoms with E-state index in [0.717, 1.165) is 37.3 Å². The van der Waals surface area contributed by atoms with Gasteiger partial charge in [0.1, 0.15) is 5.82 Å². The zero-order chi connectivity index (χ0) is 16.1. The molecule has 1 unspecified atom stereocenters. The van der Waals surface area contributed by atoms with Crippen LogP contribution in [-0.2, 0) is 4.79 Å². The van der Waals surface area contributed by atoms with Crippen LogP contribution in [0.4, 0.5) is 5.82 Å². The van der Waals surface area contributed by atoms with Gasteiger partial charge in [-0.05, 0) is 44.7 Å². The summed E-state index contributed by atoms with van der Waals surface area (Å²) in [6.45, 7) is 6.15. The maximum atomic E-state index is 12.4. The molecule has 5 nitrogen and oxygen atoms in total. The summed E-state index contributed by atoms with van der Waals surface area (Å²) in [7, 11) is 1.83. The smallest absolute Gasteiger partial charge is 0.225 e. The largest absolute Gasteiger partial charge is 0.393 e. The fourth-order valence-corrected chi connectivity index (χ4v) is 2.80. The number of amides is 1. The van der Waals surface area contributed by atoms with Crippen molar-refractivity contribution in [3.8, 4) is 0 Å². The summed E-state index contributed by atoms with van der Waals surface area (Å²) in [5.74, 6) is 1.30. The van der Waals surface area contributed by atoms with E-state index in [4.69, 9.17) is 0 Å². The van der Waals surface area contributed by atoms with E-state index in [9.17, 15) is 9.90 Å². The lowest BCUT2D eigenvalue weighted by atomic mass is 9.95. The third-order valence-corrected chi connectivity index (χ3v) is 4.32. The predicted molar refractivity (Wildman–Crippen MR) is 87.8 cm³/mol. The number of piperidine rings is 1. The summed E-state index contributed by atoms with van der Waals surface area (Å²) in [5.41, 5.74) is 1.16. The Morgan fingerprint density at radius 2 is 2.14 bits per heavy atom. The van der Waals surface area contributed by atoms with Gasteiger partial charge in [-0.3, -0.25) is 4.79 Å². The van der Waals surface area contributed by atoms with Crippen LogP contribution in [-0.4, -0.2) is 53.7 Å². The fourth-order valence-electron chi connectivity index (χ4n) is 2.80. The highest BCUT2D eigenvalue weighted by molar-refractivity contribution is 5.78. The molecule has 2 heterocycles. The van der Waals surface area contributed by atoms with Gasteiger partial charge in [-0.1, -0.05) is 6.07 Å². The molecular formula is C17H27N3O2. The molecule has 122 valence electrons. The predicted octanol–water partition coefficient (Wildman–Crippen LogP) is 1.84. The monoisotopic (exact) mass is 305 g/mol. The van der Waals surface area contributed by atoms with Crippen LogP contribution in [0.2, 0.25) is 0 Å². The second-order valence-corrected chi connectivity index (χ2v) is 6.35. The van der Waals surface area contributed by atoms with E-state index in [1.807, 2.05) is 26.2 Å². The number of hydrogen-bond donors (Lipinski definition) is 1. The molecule has 1 aliphatic rings.